The molecule has 0 N–H and O–H groups in total. The zero-order valence-corrected chi connectivity index (χ0v) is 12.6. The van der Waals surface area contributed by atoms with Crippen LogP contribution in [0.5, 0.6) is 0 Å². The van der Waals surface area contributed by atoms with E-state index in [0.29, 0.717) is 0 Å². The third kappa shape index (κ3) is 6.84. The molecule has 0 amide bonds. The van der Waals surface area contributed by atoms with Gasteiger partial charge in [0.2, 0.25) is 22.3 Å². The van der Waals surface area contributed by atoms with Crippen molar-refractivity contribution in [1.82, 2.24) is 0 Å². The van der Waals surface area contributed by atoms with Gasteiger partial charge in [-0.2, -0.15) is 0 Å². The van der Waals surface area contributed by atoms with Crippen LogP contribution in [0.4, 0.5) is 0 Å². The van der Waals surface area contributed by atoms with E-state index in [1.807, 2.05) is 24.4 Å². The Labute approximate surface area is 124 Å². The van der Waals surface area contributed by atoms with Crippen molar-refractivity contribution in [2.24, 2.45) is 0 Å². The predicted molar refractivity (Wildman–Crippen MR) is 75.1 cm³/mol. The van der Waals surface area contributed by atoms with Crippen LogP contribution in [0.3, 0.4) is 0 Å². The predicted octanol–water partition coefficient (Wildman–Crippen LogP) is 0.716. The lowest BCUT2D eigenvalue weighted by Crippen LogP contribution is -2.44. The van der Waals surface area contributed by atoms with Gasteiger partial charge < -0.3 is 4.55 Å². The average molecular weight is 311 g/mol. The van der Waals surface area contributed by atoms with Crippen molar-refractivity contribution >= 4 is 10.4 Å². The van der Waals surface area contributed by atoms with Crippen LogP contribution in [0.15, 0.2) is 54.7 Å². The van der Waals surface area contributed by atoms with Gasteiger partial charge in [-0.3, -0.25) is 9.02 Å². The molecule has 0 bridgehead atoms. The van der Waals surface area contributed by atoms with Crippen LogP contribution in [0, 0.1) is 0 Å². The number of benzene rings is 1. The Balaban J connectivity index is 0.000000315. The average Bonchev–Trinajstić information content (AvgIpc) is 2.49. The Morgan fingerprint density at radius 2 is 1.62 bits per heavy atom. The summed E-state index contributed by atoms with van der Waals surface area (Å²) >= 11 is 0. The highest BCUT2D eigenvalue weighted by Gasteiger charge is 2.09. The molecule has 1 heterocycles. The molecule has 0 aliphatic carbocycles. The number of rotatable bonds is 4. The van der Waals surface area contributed by atoms with Gasteiger partial charge in [0.25, 0.3) is 0 Å². The summed E-state index contributed by atoms with van der Waals surface area (Å²) in [7, 11) is -1.93. The monoisotopic (exact) mass is 311 g/mol. The molecule has 0 radical (unpaired) electrons. The highest BCUT2D eigenvalue weighted by molar-refractivity contribution is 7.80. The first kappa shape index (κ1) is 17.1. The van der Waals surface area contributed by atoms with E-state index in [1.165, 1.54) is 5.56 Å². The van der Waals surface area contributed by atoms with E-state index < -0.39 is 10.4 Å². The van der Waals surface area contributed by atoms with Gasteiger partial charge in [-0.25, -0.2) is 8.42 Å². The molecule has 0 aliphatic heterocycles. The van der Waals surface area contributed by atoms with Crippen molar-refractivity contribution in [1.29, 1.82) is 0 Å². The first-order chi connectivity index (χ1) is 9.96. The molecule has 7 heteroatoms. The lowest BCUT2D eigenvalue weighted by Gasteiger charge is -2.00. The SMILES string of the molecule is COS(=O)(=O)[O-].CO[n+]1ccccc1Cc1ccccc1. The van der Waals surface area contributed by atoms with E-state index >= 15 is 0 Å². The van der Waals surface area contributed by atoms with Gasteiger partial charge in [0.15, 0.2) is 0 Å². The molecule has 0 unspecified atom stereocenters. The van der Waals surface area contributed by atoms with E-state index in [1.54, 1.807) is 11.8 Å². The number of hydrogen-bond acceptors (Lipinski definition) is 5. The fourth-order valence-electron chi connectivity index (χ4n) is 1.58. The molecule has 0 atom stereocenters. The van der Waals surface area contributed by atoms with Crippen LogP contribution in [-0.4, -0.2) is 27.2 Å². The molecular formula is C14H17NO5S. The summed E-state index contributed by atoms with van der Waals surface area (Å²) in [5.74, 6) is 0. The molecule has 0 aliphatic rings. The lowest BCUT2D eigenvalue weighted by molar-refractivity contribution is -0.890. The smallest absolute Gasteiger partial charge is 0.238 e. The largest absolute Gasteiger partial charge is 0.726 e. The summed E-state index contributed by atoms with van der Waals surface area (Å²) < 4.78 is 32.8. The molecule has 0 fully saturated rings. The molecule has 0 saturated carbocycles. The zero-order valence-electron chi connectivity index (χ0n) is 11.8. The second kappa shape index (κ2) is 8.35. The molecule has 0 spiro atoms. The van der Waals surface area contributed by atoms with Gasteiger partial charge in [-0.05, 0) is 11.6 Å². The number of nitrogens with zero attached hydrogens (tertiary/aromatic N) is 1. The summed E-state index contributed by atoms with van der Waals surface area (Å²) in [4.78, 5) is 5.23. The Morgan fingerprint density at radius 1 is 1.05 bits per heavy atom. The molecule has 1 aromatic heterocycles. The van der Waals surface area contributed by atoms with E-state index in [9.17, 15) is 13.0 Å². The molecule has 1 aromatic carbocycles. The maximum absolute atomic E-state index is 9.22. The van der Waals surface area contributed by atoms with Crippen LogP contribution < -0.4 is 9.57 Å². The van der Waals surface area contributed by atoms with Crippen LogP contribution in [0.25, 0.3) is 0 Å². The van der Waals surface area contributed by atoms with Crippen LogP contribution in [0.1, 0.15) is 11.3 Å². The van der Waals surface area contributed by atoms with Crippen LogP contribution >= 0.6 is 0 Å². The Bertz CT molecular complexity index is 643. The molecule has 2 rings (SSSR count). The fraction of sp³-hybridized carbons (Fsp3) is 0.214. The first-order valence-corrected chi connectivity index (χ1v) is 7.39. The maximum atomic E-state index is 9.22. The van der Waals surface area contributed by atoms with E-state index in [2.05, 4.69) is 34.5 Å². The second-order valence-corrected chi connectivity index (χ2v) is 5.09. The van der Waals surface area contributed by atoms with Crippen LogP contribution in [0.2, 0.25) is 0 Å². The van der Waals surface area contributed by atoms with Crippen molar-refractivity contribution in [3.63, 3.8) is 0 Å². The Morgan fingerprint density at radius 3 is 2.14 bits per heavy atom. The molecule has 6 nitrogen and oxygen atoms in total. The van der Waals surface area contributed by atoms with Crippen molar-refractivity contribution in [3.8, 4) is 0 Å². The van der Waals surface area contributed by atoms with Crippen molar-refractivity contribution < 1.29 is 26.7 Å². The summed E-state index contributed by atoms with van der Waals surface area (Å²) in [6, 6.07) is 16.4. The van der Waals surface area contributed by atoms with Gasteiger partial charge >= 0.3 is 0 Å². The van der Waals surface area contributed by atoms with Gasteiger partial charge in [-0.1, -0.05) is 30.3 Å². The molecule has 0 saturated heterocycles. The zero-order chi connectivity index (χ0) is 15.7. The second-order valence-electron chi connectivity index (χ2n) is 3.94. The maximum Gasteiger partial charge on any atom is 0.238 e. The topological polar surface area (TPSA) is 79.5 Å². The van der Waals surface area contributed by atoms with Gasteiger partial charge in [0.1, 0.15) is 7.11 Å². The van der Waals surface area contributed by atoms with E-state index in [4.69, 9.17) is 4.84 Å². The quantitative estimate of drug-likeness (QED) is 0.472. The van der Waals surface area contributed by atoms with Crippen LogP contribution in [-0.2, 0) is 21.0 Å². The minimum atomic E-state index is -4.41. The third-order valence-electron chi connectivity index (χ3n) is 2.53. The van der Waals surface area contributed by atoms with Crippen molar-refractivity contribution in [2.75, 3.05) is 14.2 Å². The van der Waals surface area contributed by atoms with Crippen molar-refractivity contribution in [2.45, 2.75) is 6.42 Å². The molecule has 2 aromatic rings. The minimum Gasteiger partial charge on any atom is -0.726 e. The van der Waals surface area contributed by atoms with Crippen molar-refractivity contribution in [3.05, 3.63) is 66.0 Å². The van der Waals surface area contributed by atoms with Gasteiger partial charge in [-0.15, -0.1) is 0 Å². The fourth-order valence-corrected chi connectivity index (χ4v) is 1.58. The normalized spacial score (nSPS) is 10.4. The summed E-state index contributed by atoms with van der Waals surface area (Å²) in [5, 5.41) is 0. The first-order valence-electron chi connectivity index (χ1n) is 6.05. The van der Waals surface area contributed by atoms with Gasteiger partial charge in [0, 0.05) is 16.9 Å². The number of hydrogen-bond donors (Lipinski definition) is 0. The number of aromatic nitrogens is 1. The van der Waals surface area contributed by atoms with E-state index in [0.717, 1.165) is 19.2 Å². The van der Waals surface area contributed by atoms with Gasteiger partial charge in [0.05, 0.1) is 13.5 Å². The standard InChI is InChI=1S/C13H14NO.CH4O4S/c1-15-14-10-6-5-9-13(14)11-12-7-3-2-4-8-12;1-5-6(2,3)4/h2-10H,11H2,1H3;1H3,(H,2,3,4)/q+1;/p-1. The Hall–Kier alpha value is -1.96. The summed E-state index contributed by atoms with van der Waals surface area (Å²) in [6.07, 6.45) is 2.80. The lowest BCUT2D eigenvalue weighted by atomic mass is 10.1. The minimum absolute atomic E-state index is 0.808. The van der Waals surface area contributed by atoms with E-state index in [-0.39, 0.29) is 0 Å². The summed E-state index contributed by atoms with van der Waals surface area (Å²) in [5.41, 5.74) is 2.43. The molecule has 114 valence electrons. The highest BCUT2D eigenvalue weighted by atomic mass is 32.3. The summed E-state index contributed by atoms with van der Waals surface area (Å²) in [6.45, 7) is 0. The molecular weight excluding hydrogens is 294 g/mol. The number of pyridine rings is 1. The highest BCUT2D eigenvalue weighted by Crippen LogP contribution is 2.04. The molecule has 21 heavy (non-hydrogen) atoms. The third-order valence-corrected chi connectivity index (χ3v) is 2.94. The Kier molecular flexibility index (Phi) is 6.80.